The first-order chi connectivity index (χ1) is 8.10. The van der Waals surface area contributed by atoms with Gasteiger partial charge < -0.3 is 10.1 Å². The zero-order valence-electron chi connectivity index (χ0n) is 9.77. The third kappa shape index (κ3) is 3.38. The van der Waals surface area contributed by atoms with Crippen molar-refractivity contribution < 1.29 is 9.66 Å². The van der Waals surface area contributed by atoms with Gasteiger partial charge in [0.05, 0.1) is 24.1 Å². The molecule has 0 aliphatic carbocycles. The van der Waals surface area contributed by atoms with Crippen LogP contribution >= 0.6 is 0 Å². The summed E-state index contributed by atoms with van der Waals surface area (Å²) in [4.78, 5) is 10.3. The number of nitrogens with one attached hydrogen (secondary N) is 1. The number of nitrogens with zero attached hydrogens (tertiary/aromatic N) is 1. The number of nitro benzene ring substituents is 1. The standard InChI is InChI=1S/C12H14N2O3/c1-4-9(5-2)13-10-6-11(14(15)16)8-12(7-10)17-3/h1,6-9,13H,5H2,2-3H3. The highest BCUT2D eigenvalue weighted by atomic mass is 16.6. The maximum atomic E-state index is 10.7. The minimum absolute atomic E-state index is 0.0290. The molecule has 0 fully saturated rings. The second-order valence-corrected chi connectivity index (χ2v) is 3.45. The number of rotatable bonds is 5. The average Bonchev–Trinajstić information content (AvgIpc) is 2.35. The van der Waals surface area contributed by atoms with Crippen LogP contribution in [0.4, 0.5) is 11.4 Å². The van der Waals surface area contributed by atoms with Gasteiger partial charge in [0.2, 0.25) is 0 Å². The van der Waals surface area contributed by atoms with Crippen LogP contribution in [0.25, 0.3) is 0 Å². The lowest BCUT2D eigenvalue weighted by Crippen LogP contribution is -2.15. The van der Waals surface area contributed by atoms with Crippen molar-refractivity contribution in [3.05, 3.63) is 28.3 Å². The van der Waals surface area contributed by atoms with Crippen molar-refractivity contribution in [1.29, 1.82) is 0 Å². The van der Waals surface area contributed by atoms with Gasteiger partial charge in [-0.15, -0.1) is 6.42 Å². The molecule has 1 unspecified atom stereocenters. The van der Waals surface area contributed by atoms with E-state index in [1.807, 2.05) is 6.92 Å². The van der Waals surface area contributed by atoms with E-state index >= 15 is 0 Å². The molecule has 1 atom stereocenters. The Labute approximate surface area is 99.9 Å². The van der Waals surface area contributed by atoms with Gasteiger partial charge in [0.25, 0.3) is 5.69 Å². The van der Waals surface area contributed by atoms with E-state index in [2.05, 4.69) is 11.2 Å². The molecule has 1 aromatic carbocycles. The van der Waals surface area contributed by atoms with Crippen molar-refractivity contribution in [3.8, 4) is 18.1 Å². The molecule has 90 valence electrons. The molecule has 1 aromatic rings. The molecule has 0 amide bonds. The molecule has 0 saturated carbocycles. The van der Waals surface area contributed by atoms with Crippen LogP contribution in [0.15, 0.2) is 18.2 Å². The number of hydrogen-bond donors (Lipinski definition) is 1. The molecule has 0 spiro atoms. The summed E-state index contributed by atoms with van der Waals surface area (Å²) in [5.74, 6) is 2.99. The highest BCUT2D eigenvalue weighted by molar-refractivity contribution is 5.57. The number of anilines is 1. The molecule has 5 nitrogen and oxygen atoms in total. The van der Waals surface area contributed by atoms with Crippen LogP contribution in [0, 0.1) is 22.5 Å². The SMILES string of the molecule is C#CC(CC)Nc1cc(OC)cc([N+](=O)[O-])c1. The number of nitro groups is 1. The van der Waals surface area contributed by atoms with Crippen molar-refractivity contribution in [2.24, 2.45) is 0 Å². The Morgan fingerprint density at radius 3 is 2.76 bits per heavy atom. The smallest absolute Gasteiger partial charge is 0.275 e. The summed E-state index contributed by atoms with van der Waals surface area (Å²) in [6, 6.07) is 4.32. The minimum Gasteiger partial charge on any atom is -0.496 e. The van der Waals surface area contributed by atoms with Gasteiger partial charge in [-0.1, -0.05) is 12.8 Å². The van der Waals surface area contributed by atoms with Gasteiger partial charge in [-0.2, -0.15) is 0 Å². The van der Waals surface area contributed by atoms with E-state index in [-0.39, 0.29) is 11.7 Å². The molecule has 0 heterocycles. The van der Waals surface area contributed by atoms with Crippen molar-refractivity contribution in [2.75, 3.05) is 12.4 Å². The molecule has 0 aliphatic heterocycles. The van der Waals surface area contributed by atoms with Crippen LogP contribution in [-0.4, -0.2) is 18.1 Å². The molecule has 0 bridgehead atoms. The second kappa shape index (κ2) is 5.75. The fraction of sp³-hybridized carbons (Fsp3) is 0.333. The molecular formula is C12H14N2O3. The van der Waals surface area contributed by atoms with Crippen molar-refractivity contribution in [3.63, 3.8) is 0 Å². The van der Waals surface area contributed by atoms with Gasteiger partial charge in [-0.3, -0.25) is 10.1 Å². The summed E-state index contributed by atoms with van der Waals surface area (Å²) >= 11 is 0. The second-order valence-electron chi connectivity index (χ2n) is 3.45. The monoisotopic (exact) mass is 234 g/mol. The van der Waals surface area contributed by atoms with E-state index in [4.69, 9.17) is 11.2 Å². The van der Waals surface area contributed by atoms with E-state index in [0.29, 0.717) is 11.4 Å². The molecule has 0 saturated heterocycles. The van der Waals surface area contributed by atoms with Gasteiger partial charge in [0.15, 0.2) is 0 Å². The molecule has 0 aromatic heterocycles. The maximum absolute atomic E-state index is 10.7. The Balaban J connectivity index is 3.03. The van der Waals surface area contributed by atoms with Gasteiger partial charge in [-0.05, 0) is 6.42 Å². The van der Waals surface area contributed by atoms with E-state index in [9.17, 15) is 10.1 Å². The quantitative estimate of drug-likeness (QED) is 0.482. The van der Waals surface area contributed by atoms with Crippen LogP contribution < -0.4 is 10.1 Å². The lowest BCUT2D eigenvalue weighted by Gasteiger charge is -2.12. The van der Waals surface area contributed by atoms with Crippen LogP contribution in [0.1, 0.15) is 13.3 Å². The summed E-state index contributed by atoms with van der Waals surface area (Å²) in [6.45, 7) is 1.94. The summed E-state index contributed by atoms with van der Waals surface area (Å²) in [5.41, 5.74) is 0.555. The lowest BCUT2D eigenvalue weighted by atomic mass is 10.2. The fourth-order valence-electron chi connectivity index (χ4n) is 1.35. The Hall–Kier alpha value is -2.22. The van der Waals surface area contributed by atoms with Crippen LogP contribution in [0.5, 0.6) is 5.75 Å². The van der Waals surface area contributed by atoms with Gasteiger partial charge in [0, 0.05) is 17.8 Å². The lowest BCUT2D eigenvalue weighted by molar-refractivity contribution is -0.384. The van der Waals surface area contributed by atoms with Crippen molar-refractivity contribution in [1.82, 2.24) is 0 Å². The van der Waals surface area contributed by atoms with E-state index < -0.39 is 4.92 Å². The zero-order valence-corrected chi connectivity index (χ0v) is 9.77. The number of hydrogen-bond acceptors (Lipinski definition) is 4. The minimum atomic E-state index is -0.468. The number of terminal acetylenes is 1. The van der Waals surface area contributed by atoms with E-state index in [0.717, 1.165) is 6.42 Å². The predicted octanol–water partition coefficient (Wildman–Crippen LogP) is 2.43. The fourth-order valence-corrected chi connectivity index (χ4v) is 1.35. The molecule has 17 heavy (non-hydrogen) atoms. The Morgan fingerprint density at radius 2 is 2.29 bits per heavy atom. The number of ether oxygens (including phenoxy) is 1. The van der Waals surface area contributed by atoms with Gasteiger partial charge >= 0.3 is 0 Å². The first kappa shape index (κ1) is 12.8. The third-order valence-corrected chi connectivity index (χ3v) is 2.29. The largest absolute Gasteiger partial charge is 0.496 e. The molecule has 1 rings (SSSR count). The Kier molecular flexibility index (Phi) is 4.35. The van der Waals surface area contributed by atoms with Crippen molar-refractivity contribution >= 4 is 11.4 Å². The van der Waals surface area contributed by atoms with Crippen LogP contribution in [0.3, 0.4) is 0 Å². The molecule has 5 heteroatoms. The summed E-state index contributed by atoms with van der Waals surface area (Å²) < 4.78 is 5.00. The topological polar surface area (TPSA) is 64.4 Å². The summed E-state index contributed by atoms with van der Waals surface area (Å²) in [7, 11) is 1.46. The Morgan fingerprint density at radius 1 is 1.59 bits per heavy atom. The first-order valence-electron chi connectivity index (χ1n) is 5.16. The summed E-state index contributed by atoms with van der Waals surface area (Å²) in [6.07, 6.45) is 6.06. The summed E-state index contributed by atoms with van der Waals surface area (Å²) in [5, 5.41) is 13.8. The number of methoxy groups -OCH3 is 1. The van der Waals surface area contributed by atoms with Crippen LogP contribution in [-0.2, 0) is 0 Å². The maximum Gasteiger partial charge on any atom is 0.275 e. The highest BCUT2D eigenvalue weighted by Crippen LogP contribution is 2.26. The number of benzene rings is 1. The third-order valence-electron chi connectivity index (χ3n) is 2.29. The molecule has 1 N–H and O–H groups in total. The van der Waals surface area contributed by atoms with E-state index in [1.165, 1.54) is 19.2 Å². The first-order valence-corrected chi connectivity index (χ1v) is 5.16. The normalized spacial score (nSPS) is 11.4. The molecule has 0 radical (unpaired) electrons. The molecular weight excluding hydrogens is 220 g/mol. The van der Waals surface area contributed by atoms with Gasteiger partial charge in [0.1, 0.15) is 5.75 Å². The predicted molar refractivity (Wildman–Crippen MR) is 66.2 cm³/mol. The van der Waals surface area contributed by atoms with Gasteiger partial charge in [-0.25, -0.2) is 0 Å². The zero-order chi connectivity index (χ0) is 12.8. The van der Waals surface area contributed by atoms with Crippen LogP contribution in [0.2, 0.25) is 0 Å². The highest BCUT2D eigenvalue weighted by Gasteiger charge is 2.11. The van der Waals surface area contributed by atoms with Crippen molar-refractivity contribution in [2.45, 2.75) is 19.4 Å². The number of non-ortho nitro benzene ring substituents is 1. The average molecular weight is 234 g/mol. The molecule has 0 aliphatic rings. The Bertz CT molecular complexity index is 452. The van der Waals surface area contributed by atoms with E-state index in [1.54, 1.807) is 6.07 Å².